The predicted molar refractivity (Wildman–Crippen MR) is 119 cm³/mol. The van der Waals surface area contributed by atoms with Gasteiger partial charge in [0, 0.05) is 11.3 Å². The van der Waals surface area contributed by atoms with Crippen molar-refractivity contribution >= 4 is 34.8 Å². The van der Waals surface area contributed by atoms with Crippen molar-refractivity contribution in [1.82, 2.24) is 5.43 Å². The fourth-order valence-electron chi connectivity index (χ4n) is 2.67. The van der Waals surface area contributed by atoms with Gasteiger partial charge in [0.05, 0.1) is 23.4 Å². The number of nitrogens with zero attached hydrogens (tertiary/aromatic N) is 1. The van der Waals surface area contributed by atoms with Crippen molar-refractivity contribution in [3.63, 3.8) is 0 Å². The molecule has 0 unspecified atom stereocenters. The Hall–Kier alpha value is -3.64. The SMILES string of the molecule is COc1ccc(C(=O)N/N=C(/C)c2cccc(NC(=O)c3ccccc3Cl)c2)cc1. The Balaban J connectivity index is 1.69. The van der Waals surface area contributed by atoms with Gasteiger partial charge in [-0.2, -0.15) is 5.10 Å². The lowest BCUT2D eigenvalue weighted by molar-refractivity contribution is 0.0954. The van der Waals surface area contributed by atoms with Crippen LogP contribution in [-0.4, -0.2) is 24.6 Å². The largest absolute Gasteiger partial charge is 0.497 e. The minimum absolute atomic E-state index is 0.305. The average molecular weight is 422 g/mol. The number of nitrogens with one attached hydrogen (secondary N) is 2. The maximum atomic E-state index is 12.4. The highest BCUT2D eigenvalue weighted by atomic mass is 35.5. The van der Waals surface area contributed by atoms with Gasteiger partial charge in [0.2, 0.25) is 0 Å². The first-order valence-electron chi connectivity index (χ1n) is 9.13. The molecule has 7 heteroatoms. The van der Waals surface area contributed by atoms with Gasteiger partial charge in [-0.25, -0.2) is 5.43 Å². The summed E-state index contributed by atoms with van der Waals surface area (Å²) in [6, 6.07) is 20.7. The van der Waals surface area contributed by atoms with Crippen molar-refractivity contribution in [3.8, 4) is 5.75 Å². The second-order valence-corrected chi connectivity index (χ2v) is 6.79. The highest BCUT2D eigenvalue weighted by Crippen LogP contribution is 2.18. The number of rotatable bonds is 6. The molecule has 0 saturated heterocycles. The molecule has 152 valence electrons. The molecule has 0 atom stereocenters. The lowest BCUT2D eigenvalue weighted by Gasteiger charge is -2.09. The quantitative estimate of drug-likeness (QED) is 0.445. The smallest absolute Gasteiger partial charge is 0.271 e. The van der Waals surface area contributed by atoms with Crippen molar-refractivity contribution in [3.05, 3.63) is 94.5 Å². The van der Waals surface area contributed by atoms with Gasteiger partial charge in [0.1, 0.15) is 5.75 Å². The highest BCUT2D eigenvalue weighted by Gasteiger charge is 2.11. The molecule has 3 aromatic carbocycles. The Morgan fingerprint density at radius 2 is 1.63 bits per heavy atom. The number of hydrogen-bond acceptors (Lipinski definition) is 4. The summed E-state index contributed by atoms with van der Waals surface area (Å²) in [4.78, 5) is 24.7. The first-order valence-corrected chi connectivity index (χ1v) is 9.50. The normalized spacial score (nSPS) is 11.0. The molecule has 3 aromatic rings. The van der Waals surface area contributed by atoms with Crippen molar-refractivity contribution in [2.45, 2.75) is 6.92 Å². The third-order valence-corrected chi connectivity index (χ3v) is 4.66. The monoisotopic (exact) mass is 421 g/mol. The van der Waals surface area contributed by atoms with E-state index in [4.69, 9.17) is 16.3 Å². The van der Waals surface area contributed by atoms with E-state index in [1.165, 1.54) is 0 Å². The van der Waals surface area contributed by atoms with Crippen LogP contribution in [0.4, 0.5) is 5.69 Å². The molecule has 2 N–H and O–H groups in total. The minimum atomic E-state index is -0.333. The summed E-state index contributed by atoms with van der Waals surface area (Å²) in [6.07, 6.45) is 0. The van der Waals surface area contributed by atoms with E-state index in [1.54, 1.807) is 80.8 Å². The van der Waals surface area contributed by atoms with E-state index >= 15 is 0 Å². The van der Waals surface area contributed by atoms with Gasteiger partial charge in [-0.3, -0.25) is 9.59 Å². The molecular formula is C23H20ClN3O3. The van der Waals surface area contributed by atoms with Gasteiger partial charge >= 0.3 is 0 Å². The van der Waals surface area contributed by atoms with Crippen LogP contribution in [0.2, 0.25) is 5.02 Å². The Morgan fingerprint density at radius 1 is 0.900 bits per heavy atom. The van der Waals surface area contributed by atoms with Crippen molar-refractivity contribution in [1.29, 1.82) is 0 Å². The standard InChI is InChI=1S/C23H20ClN3O3/c1-15(26-27-22(28)16-10-12-19(30-2)13-11-16)17-6-5-7-18(14-17)25-23(29)20-8-3-4-9-21(20)24/h3-14H,1-2H3,(H,25,29)(H,27,28)/b26-15-. The van der Waals surface area contributed by atoms with E-state index in [2.05, 4.69) is 15.8 Å². The van der Waals surface area contributed by atoms with Crippen molar-refractivity contribution in [2.75, 3.05) is 12.4 Å². The third-order valence-electron chi connectivity index (χ3n) is 4.33. The molecule has 0 radical (unpaired) electrons. The van der Waals surface area contributed by atoms with E-state index in [9.17, 15) is 9.59 Å². The first kappa shape index (κ1) is 21.1. The number of ether oxygens (including phenoxy) is 1. The molecule has 3 rings (SSSR count). The van der Waals surface area contributed by atoms with Crippen LogP contribution in [0.15, 0.2) is 77.9 Å². The van der Waals surface area contributed by atoms with Crippen LogP contribution >= 0.6 is 11.6 Å². The molecular weight excluding hydrogens is 402 g/mol. The Morgan fingerprint density at radius 3 is 2.33 bits per heavy atom. The van der Waals surface area contributed by atoms with Crippen LogP contribution in [0.1, 0.15) is 33.2 Å². The zero-order chi connectivity index (χ0) is 21.5. The van der Waals surface area contributed by atoms with E-state index in [0.717, 1.165) is 5.56 Å². The Labute approximate surface area is 179 Å². The van der Waals surface area contributed by atoms with E-state index < -0.39 is 0 Å². The van der Waals surface area contributed by atoms with E-state index in [0.29, 0.717) is 33.3 Å². The first-order chi connectivity index (χ1) is 14.5. The molecule has 0 saturated carbocycles. The number of benzene rings is 3. The fraction of sp³-hybridized carbons (Fsp3) is 0.0870. The Kier molecular flexibility index (Phi) is 6.83. The maximum Gasteiger partial charge on any atom is 0.271 e. The molecule has 6 nitrogen and oxygen atoms in total. The summed E-state index contributed by atoms with van der Waals surface area (Å²) in [5, 5.41) is 7.36. The summed E-state index contributed by atoms with van der Waals surface area (Å²) in [7, 11) is 1.56. The number of carbonyl (C=O) groups excluding carboxylic acids is 2. The number of anilines is 1. The van der Waals surface area contributed by atoms with Crippen LogP contribution in [0.25, 0.3) is 0 Å². The van der Waals surface area contributed by atoms with Crippen LogP contribution in [0, 0.1) is 0 Å². The summed E-state index contributed by atoms with van der Waals surface area (Å²) >= 11 is 6.08. The van der Waals surface area contributed by atoms with E-state index in [1.807, 2.05) is 6.07 Å². The molecule has 30 heavy (non-hydrogen) atoms. The molecule has 0 fully saturated rings. The number of halogens is 1. The molecule has 0 bridgehead atoms. The number of amides is 2. The molecule has 0 heterocycles. The maximum absolute atomic E-state index is 12.4. The topological polar surface area (TPSA) is 79.8 Å². The average Bonchev–Trinajstić information content (AvgIpc) is 2.77. The minimum Gasteiger partial charge on any atom is -0.497 e. The molecule has 0 aliphatic carbocycles. The van der Waals surface area contributed by atoms with Gasteiger partial charge in [0.15, 0.2) is 0 Å². The molecule has 0 aliphatic heterocycles. The summed E-state index contributed by atoms with van der Waals surface area (Å²) < 4.78 is 5.08. The number of hydrogen-bond donors (Lipinski definition) is 2. The van der Waals surface area contributed by atoms with Gasteiger partial charge in [0.25, 0.3) is 11.8 Å². The van der Waals surface area contributed by atoms with Gasteiger partial charge in [-0.1, -0.05) is 35.9 Å². The zero-order valence-electron chi connectivity index (χ0n) is 16.5. The fourth-order valence-corrected chi connectivity index (χ4v) is 2.89. The number of hydrazone groups is 1. The highest BCUT2D eigenvalue weighted by molar-refractivity contribution is 6.34. The van der Waals surface area contributed by atoms with Crippen LogP contribution in [-0.2, 0) is 0 Å². The zero-order valence-corrected chi connectivity index (χ0v) is 17.2. The van der Waals surface area contributed by atoms with Gasteiger partial charge < -0.3 is 10.1 Å². The molecule has 0 aliphatic rings. The molecule has 0 aromatic heterocycles. The van der Waals surface area contributed by atoms with Crippen molar-refractivity contribution in [2.24, 2.45) is 5.10 Å². The van der Waals surface area contributed by atoms with Gasteiger partial charge in [-0.15, -0.1) is 0 Å². The number of methoxy groups -OCH3 is 1. The second kappa shape index (κ2) is 9.71. The number of carbonyl (C=O) groups is 2. The third kappa shape index (κ3) is 5.24. The summed E-state index contributed by atoms with van der Waals surface area (Å²) in [5.74, 6) is 0.0298. The molecule has 0 spiro atoms. The Bertz CT molecular complexity index is 1090. The van der Waals surface area contributed by atoms with Gasteiger partial charge in [-0.05, 0) is 61.0 Å². The lowest BCUT2D eigenvalue weighted by atomic mass is 10.1. The lowest BCUT2D eigenvalue weighted by Crippen LogP contribution is -2.19. The predicted octanol–water partition coefficient (Wildman–Crippen LogP) is 4.75. The molecule has 2 amide bonds. The van der Waals surface area contributed by atoms with Crippen molar-refractivity contribution < 1.29 is 14.3 Å². The van der Waals surface area contributed by atoms with E-state index in [-0.39, 0.29) is 11.8 Å². The van der Waals surface area contributed by atoms with Crippen LogP contribution < -0.4 is 15.5 Å². The van der Waals surface area contributed by atoms with Crippen LogP contribution in [0.3, 0.4) is 0 Å². The van der Waals surface area contributed by atoms with Crippen LogP contribution in [0.5, 0.6) is 5.75 Å². The summed E-state index contributed by atoms with van der Waals surface area (Å²) in [5.41, 5.74) is 5.32. The summed E-state index contributed by atoms with van der Waals surface area (Å²) in [6.45, 7) is 1.77. The second-order valence-electron chi connectivity index (χ2n) is 6.38.